The SMILES string of the molecule is C=CCN1C(=O)/C(=C/c2ccc(OC)c(OCCCCCCC)c2)SC1=NS(=O)(=O)c1ccc(CC)cc1. The number of rotatable bonds is 14. The van der Waals surface area contributed by atoms with Gasteiger partial charge >= 0.3 is 0 Å². The van der Waals surface area contributed by atoms with Gasteiger partial charge in [-0.1, -0.05) is 63.8 Å². The average Bonchev–Trinajstić information content (AvgIpc) is 3.19. The maximum atomic E-state index is 13.2. The summed E-state index contributed by atoms with van der Waals surface area (Å²) < 4.78 is 41.4. The second-order valence-corrected chi connectivity index (χ2v) is 11.4. The Hall–Kier alpha value is -3.04. The van der Waals surface area contributed by atoms with Gasteiger partial charge in [0.25, 0.3) is 15.9 Å². The van der Waals surface area contributed by atoms with Crippen molar-refractivity contribution in [2.24, 2.45) is 4.40 Å². The predicted molar refractivity (Wildman–Crippen MR) is 155 cm³/mol. The smallest absolute Gasteiger partial charge is 0.284 e. The van der Waals surface area contributed by atoms with Gasteiger partial charge in [0.2, 0.25) is 0 Å². The van der Waals surface area contributed by atoms with E-state index < -0.39 is 10.0 Å². The Morgan fingerprint density at radius 3 is 2.42 bits per heavy atom. The summed E-state index contributed by atoms with van der Waals surface area (Å²) in [5, 5.41) is 0.0952. The molecule has 2 aromatic carbocycles. The van der Waals surface area contributed by atoms with Crippen LogP contribution in [0.5, 0.6) is 11.5 Å². The van der Waals surface area contributed by atoms with Crippen molar-refractivity contribution in [3.05, 3.63) is 71.2 Å². The van der Waals surface area contributed by atoms with Gasteiger partial charge in [0.1, 0.15) is 0 Å². The van der Waals surface area contributed by atoms with Gasteiger partial charge in [-0.05, 0) is 66.1 Å². The number of amides is 1. The van der Waals surface area contributed by atoms with Crippen LogP contribution in [0.3, 0.4) is 0 Å². The van der Waals surface area contributed by atoms with E-state index in [0.717, 1.165) is 42.2 Å². The molecule has 0 bridgehead atoms. The van der Waals surface area contributed by atoms with Crippen LogP contribution in [0.15, 0.2) is 69.3 Å². The van der Waals surface area contributed by atoms with E-state index in [4.69, 9.17) is 9.47 Å². The highest BCUT2D eigenvalue weighted by Gasteiger charge is 2.34. The van der Waals surface area contributed by atoms with E-state index in [1.165, 1.54) is 36.3 Å². The zero-order chi connectivity index (χ0) is 27.5. The molecule has 0 aromatic heterocycles. The highest BCUT2D eigenvalue weighted by molar-refractivity contribution is 8.19. The van der Waals surface area contributed by atoms with Crippen LogP contribution in [-0.2, 0) is 21.2 Å². The number of thioether (sulfide) groups is 1. The Morgan fingerprint density at radius 1 is 1.03 bits per heavy atom. The van der Waals surface area contributed by atoms with Crippen LogP contribution in [0.2, 0.25) is 0 Å². The van der Waals surface area contributed by atoms with E-state index in [1.807, 2.05) is 19.1 Å². The van der Waals surface area contributed by atoms with Crippen molar-refractivity contribution in [3.63, 3.8) is 0 Å². The Labute approximate surface area is 230 Å². The summed E-state index contributed by atoms with van der Waals surface area (Å²) in [5.41, 5.74) is 1.76. The number of methoxy groups -OCH3 is 1. The molecule has 2 aromatic rings. The normalized spacial score (nSPS) is 15.9. The molecule has 7 nitrogen and oxygen atoms in total. The minimum Gasteiger partial charge on any atom is -0.493 e. The van der Waals surface area contributed by atoms with E-state index in [0.29, 0.717) is 23.0 Å². The molecule has 0 N–H and O–H groups in total. The first-order chi connectivity index (χ1) is 18.3. The molecular formula is C29H36N2O5S2. The molecular weight excluding hydrogens is 520 g/mol. The molecule has 0 saturated carbocycles. The fourth-order valence-corrected chi connectivity index (χ4v) is 6.04. The fraction of sp³-hybridized carbons (Fsp3) is 0.379. The quantitative estimate of drug-likeness (QED) is 0.151. The van der Waals surface area contributed by atoms with Gasteiger partial charge in [0.05, 0.1) is 23.5 Å². The number of hydrogen-bond donors (Lipinski definition) is 0. The van der Waals surface area contributed by atoms with Gasteiger partial charge < -0.3 is 9.47 Å². The number of hydrogen-bond acceptors (Lipinski definition) is 6. The lowest BCUT2D eigenvalue weighted by Gasteiger charge is -2.12. The minimum absolute atomic E-state index is 0.0814. The van der Waals surface area contributed by atoms with Crippen molar-refractivity contribution in [1.82, 2.24) is 4.90 Å². The first-order valence-corrected chi connectivity index (χ1v) is 15.2. The van der Waals surface area contributed by atoms with Crippen molar-refractivity contribution < 1.29 is 22.7 Å². The van der Waals surface area contributed by atoms with Crippen LogP contribution in [0.1, 0.15) is 57.1 Å². The van der Waals surface area contributed by atoms with E-state index in [9.17, 15) is 13.2 Å². The zero-order valence-electron chi connectivity index (χ0n) is 22.3. The maximum Gasteiger partial charge on any atom is 0.284 e. The van der Waals surface area contributed by atoms with Crippen molar-refractivity contribution in [1.29, 1.82) is 0 Å². The van der Waals surface area contributed by atoms with Gasteiger partial charge in [-0.3, -0.25) is 9.69 Å². The average molecular weight is 557 g/mol. The number of ether oxygens (including phenoxy) is 2. The number of amidine groups is 1. The summed E-state index contributed by atoms with van der Waals surface area (Å²) in [7, 11) is -2.41. The predicted octanol–water partition coefficient (Wildman–Crippen LogP) is 6.45. The van der Waals surface area contributed by atoms with Crippen molar-refractivity contribution in [2.75, 3.05) is 20.3 Å². The molecule has 1 aliphatic heterocycles. The molecule has 3 rings (SSSR count). The third kappa shape index (κ3) is 7.74. The summed E-state index contributed by atoms with van der Waals surface area (Å²) in [6.07, 6.45) is 9.72. The summed E-state index contributed by atoms with van der Waals surface area (Å²) in [4.78, 5) is 14.9. The van der Waals surface area contributed by atoms with Crippen molar-refractivity contribution >= 4 is 38.9 Å². The highest BCUT2D eigenvalue weighted by atomic mass is 32.2. The molecule has 1 aliphatic rings. The monoisotopic (exact) mass is 556 g/mol. The van der Waals surface area contributed by atoms with Gasteiger partial charge in [0.15, 0.2) is 16.7 Å². The topological polar surface area (TPSA) is 85.3 Å². The standard InChI is InChI=1S/C29H36N2O5S2/c1-5-8-9-10-11-19-36-26-20-23(14-17-25(26)35-4)21-27-28(32)31(18-6-2)29(37-27)30-38(33,34)24-15-12-22(7-3)13-16-24/h6,12-17,20-21H,2,5,7-11,18-19H2,1,3-4H3/b27-21-,30-29?. The number of unbranched alkanes of at least 4 members (excludes halogenated alkanes) is 4. The molecule has 0 aliphatic carbocycles. The van der Waals surface area contributed by atoms with E-state index in [-0.39, 0.29) is 22.5 Å². The molecule has 1 heterocycles. The number of benzene rings is 2. The number of carbonyl (C=O) groups is 1. The lowest BCUT2D eigenvalue weighted by molar-refractivity contribution is -0.121. The summed E-state index contributed by atoms with van der Waals surface area (Å²) in [6.45, 7) is 8.60. The molecule has 38 heavy (non-hydrogen) atoms. The maximum absolute atomic E-state index is 13.2. The lowest BCUT2D eigenvalue weighted by Crippen LogP contribution is -2.29. The lowest BCUT2D eigenvalue weighted by atomic mass is 10.1. The molecule has 0 atom stereocenters. The van der Waals surface area contributed by atoms with Crippen LogP contribution in [0, 0.1) is 0 Å². The van der Waals surface area contributed by atoms with Gasteiger partial charge in [0, 0.05) is 6.54 Å². The Kier molecular flexibility index (Phi) is 11.0. The Balaban J connectivity index is 1.84. The molecule has 9 heteroatoms. The van der Waals surface area contributed by atoms with Crippen molar-refractivity contribution in [2.45, 2.75) is 57.3 Å². The highest BCUT2D eigenvalue weighted by Crippen LogP contribution is 2.35. The van der Waals surface area contributed by atoms with Crippen LogP contribution in [0.25, 0.3) is 6.08 Å². The van der Waals surface area contributed by atoms with E-state index >= 15 is 0 Å². The summed E-state index contributed by atoms with van der Waals surface area (Å²) in [5.74, 6) is 0.879. The third-order valence-electron chi connectivity index (χ3n) is 6.02. The van der Waals surface area contributed by atoms with Crippen LogP contribution in [0.4, 0.5) is 0 Å². The van der Waals surface area contributed by atoms with Crippen molar-refractivity contribution in [3.8, 4) is 11.5 Å². The van der Waals surface area contributed by atoms with E-state index in [1.54, 1.807) is 37.5 Å². The molecule has 0 unspecified atom stereocenters. The molecule has 0 radical (unpaired) electrons. The first-order valence-electron chi connectivity index (χ1n) is 12.9. The number of sulfonamides is 1. The molecule has 1 amide bonds. The molecule has 1 fully saturated rings. The Bertz CT molecular complexity index is 1280. The number of carbonyl (C=O) groups excluding carboxylic acids is 1. The number of aryl methyl sites for hydroxylation is 1. The first kappa shape index (κ1) is 29.5. The van der Waals surface area contributed by atoms with Gasteiger partial charge in [-0.15, -0.1) is 11.0 Å². The largest absolute Gasteiger partial charge is 0.493 e. The van der Waals surface area contributed by atoms with Crippen LogP contribution in [-0.4, -0.2) is 44.7 Å². The Morgan fingerprint density at radius 2 is 1.76 bits per heavy atom. The molecule has 1 saturated heterocycles. The van der Waals surface area contributed by atoms with Crippen LogP contribution >= 0.6 is 11.8 Å². The summed E-state index contributed by atoms with van der Waals surface area (Å²) >= 11 is 1.02. The van der Waals surface area contributed by atoms with Gasteiger partial charge in [-0.2, -0.15) is 8.42 Å². The molecule has 0 spiro atoms. The fourth-order valence-electron chi connectivity index (χ4n) is 3.85. The molecule has 204 valence electrons. The van der Waals surface area contributed by atoms with E-state index in [2.05, 4.69) is 17.9 Å². The number of nitrogens with zero attached hydrogens (tertiary/aromatic N) is 2. The van der Waals surface area contributed by atoms with Crippen LogP contribution < -0.4 is 9.47 Å². The summed E-state index contributed by atoms with van der Waals surface area (Å²) in [6, 6.07) is 12.1. The zero-order valence-corrected chi connectivity index (χ0v) is 23.9. The second kappa shape index (κ2) is 14.2. The van der Waals surface area contributed by atoms with Gasteiger partial charge in [-0.25, -0.2) is 0 Å². The second-order valence-electron chi connectivity index (χ2n) is 8.83. The third-order valence-corrected chi connectivity index (χ3v) is 8.42. The minimum atomic E-state index is -4.00.